The number of halogens is 1. The van der Waals surface area contributed by atoms with Gasteiger partial charge in [0.2, 0.25) is 5.88 Å². The Morgan fingerprint density at radius 3 is 2.88 bits per heavy atom. The number of ether oxygens (including phenoxy) is 1. The SMILES string of the molecule is C#CCCC1(CCNC(=O)c2cnc(OCC3CC3)c(Cl)c2)N=N1. The van der Waals surface area contributed by atoms with Crippen molar-refractivity contribution in [3.05, 3.63) is 22.8 Å². The van der Waals surface area contributed by atoms with E-state index >= 15 is 0 Å². The van der Waals surface area contributed by atoms with Crippen molar-refractivity contribution in [2.45, 2.75) is 37.8 Å². The number of carbonyl (C=O) groups is 1. The summed E-state index contributed by atoms with van der Waals surface area (Å²) in [7, 11) is 0. The second-order valence-corrected chi connectivity index (χ2v) is 6.57. The van der Waals surface area contributed by atoms with E-state index in [4.69, 9.17) is 22.8 Å². The minimum Gasteiger partial charge on any atom is -0.476 e. The number of terminal acetylenes is 1. The van der Waals surface area contributed by atoms with Crippen LogP contribution in [0.15, 0.2) is 22.5 Å². The molecule has 1 aromatic rings. The summed E-state index contributed by atoms with van der Waals surface area (Å²) in [5, 5.41) is 11.2. The fourth-order valence-corrected chi connectivity index (χ4v) is 2.50. The Hall–Kier alpha value is -2.13. The predicted molar refractivity (Wildman–Crippen MR) is 90.1 cm³/mol. The molecule has 0 spiro atoms. The number of hydrogen-bond acceptors (Lipinski definition) is 5. The highest BCUT2D eigenvalue weighted by atomic mass is 35.5. The van der Waals surface area contributed by atoms with Crippen molar-refractivity contribution < 1.29 is 9.53 Å². The molecule has 3 rings (SSSR count). The van der Waals surface area contributed by atoms with Crippen molar-refractivity contribution in [3.8, 4) is 18.2 Å². The average molecular weight is 347 g/mol. The molecule has 1 aliphatic carbocycles. The normalized spacial score (nSPS) is 17.2. The number of hydrogen-bond donors (Lipinski definition) is 1. The third-order valence-corrected chi connectivity index (χ3v) is 4.36. The molecule has 2 heterocycles. The topological polar surface area (TPSA) is 75.9 Å². The highest BCUT2D eigenvalue weighted by Gasteiger charge is 2.38. The zero-order valence-electron chi connectivity index (χ0n) is 13.3. The second-order valence-electron chi connectivity index (χ2n) is 6.16. The molecule has 1 fully saturated rings. The molecular formula is C17H19ClN4O2. The van der Waals surface area contributed by atoms with Crippen LogP contribution in [-0.2, 0) is 0 Å². The lowest BCUT2D eigenvalue weighted by molar-refractivity contribution is 0.0951. The molecular weight excluding hydrogens is 328 g/mol. The van der Waals surface area contributed by atoms with Gasteiger partial charge in [-0.3, -0.25) is 4.79 Å². The standard InChI is InChI=1S/C17H19ClN4O2/c1-2-3-6-17(21-22-17)7-8-19-15(23)13-9-14(18)16(20-10-13)24-11-12-4-5-12/h1,9-10,12H,3-8,11H2,(H,19,23). The zero-order chi connectivity index (χ0) is 17.0. The summed E-state index contributed by atoms with van der Waals surface area (Å²) in [6.45, 7) is 1.10. The van der Waals surface area contributed by atoms with Gasteiger partial charge < -0.3 is 10.1 Å². The van der Waals surface area contributed by atoms with Crippen LogP contribution in [0, 0.1) is 18.3 Å². The monoisotopic (exact) mass is 346 g/mol. The fourth-order valence-electron chi connectivity index (χ4n) is 2.28. The molecule has 6 nitrogen and oxygen atoms in total. The van der Waals surface area contributed by atoms with Gasteiger partial charge in [-0.05, 0) is 24.8 Å². The first-order valence-corrected chi connectivity index (χ1v) is 8.44. The highest BCUT2D eigenvalue weighted by Crippen LogP contribution is 2.36. The van der Waals surface area contributed by atoms with Gasteiger partial charge in [0.15, 0.2) is 5.66 Å². The van der Waals surface area contributed by atoms with Crippen molar-refractivity contribution in [3.63, 3.8) is 0 Å². The van der Waals surface area contributed by atoms with Crippen LogP contribution in [0.4, 0.5) is 0 Å². The van der Waals surface area contributed by atoms with Crippen LogP contribution in [-0.4, -0.2) is 29.7 Å². The molecule has 0 radical (unpaired) electrons. The first-order valence-electron chi connectivity index (χ1n) is 8.06. The van der Waals surface area contributed by atoms with E-state index in [1.54, 1.807) is 6.07 Å². The highest BCUT2D eigenvalue weighted by molar-refractivity contribution is 6.32. The summed E-state index contributed by atoms with van der Waals surface area (Å²) in [4.78, 5) is 16.3. The Kier molecular flexibility index (Phi) is 5.00. The van der Waals surface area contributed by atoms with Gasteiger partial charge in [0.1, 0.15) is 5.02 Å². The molecule has 0 unspecified atom stereocenters. The third-order valence-electron chi connectivity index (χ3n) is 4.09. The lowest BCUT2D eigenvalue weighted by Crippen LogP contribution is -2.28. The quantitative estimate of drug-likeness (QED) is 0.697. The maximum Gasteiger partial charge on any atom is 0.252 e. The summed E-state index contributed by atoms with van der Waals surface area (Å²) in [6.07, 6.45) is 11.1. The Balaban J connectivity index is 1.46. The van der Waals surface area contributed by atoms with Crippen molar-refractivity contribution in [2.24, 2.45) is 16.1 Å². The third kappa shape index (κ3) is 4.45. The van der Waals surface area contributed by atoms with E-state index in [2.05, 4.69) is 26.4 Å². The van der Waals surface area contributed by atoms with Crippen molar-refractivity contribution in [1.29, 1.82) is 0 Å². The minimum absolute atomic E-state index is 0.231. The van der Waals surface area contributed by atoms with Crippen molar-refractivity contribution in [1.82, 2.24) is 10.3 Å². The van der Waals surface area contributed by atoms with E-state index in [1.165, 1.54) is 19.0 Å². The van der Waals surface area contributed by atoms with E-state index < -0.39 is 5.66 Å². The molecule has 0 aromatic carbocycles. The summed E-state index contributed by atoms with van der Waals surface area (Å²) in [5.74, 6) is 3.34. The lowest BCUT2D eigenvalue weighted by atomic mass is 10.0. The molecule has 0 bridgehead atoms. The first-order chi connectivity index (χ1) is 11.6. The van der Waals surface area contributed by atoms with Crippen LogP contribution < -0.4 is 10.1 Å². The van der Waals surface area contributed by atoms with Crippen LogP contribution in [0.3, 0.4) is 0 Å². The molecule has 0 atom stereocenters. The lowest BCUT2D eigenvalue weighted by Gasteiger charge is -2.11. The van der Waals surface area contributed by atoms with E-state index in [0.29, 0.717) is 48.4 Å². The van der Waals surface area contributed by atoms with Crippen LogP contribution >= 0.6 is 11.6 Å². The van der Waals surface area contributed by atoms with Crippen LogP contribution in [0.1, 0.15) is 42.5 Å². The van der Waals surface area contributed by atoms with E-state index in [-0.39, 0.29) is 5.91 Å². The molecule has 1 saturated carbocycles. The number of nitrogens with zero attached hydrogens (tertiary/aromatic N) is 3. The van der Waals surface area contributed by atoms with Crippen molar-refractivity contribution >= 4 is 17.5 Å². The van der Waals surface area contributed by atoms with Crippen LogP contribution in [0.2, 0.25) is 5.02 Å². The summed E-state index contributed by atoms with van der Waals surface area (Å²) in [5.41, 5.74) is 0.0110. The Morgan fingerprint density at radius 1 is 1.46 bits per heavy atom. The first kappa shape index (κ1) is 16.7. The number of carbonyl (C=O) groups excluding carboxylic acids is 1. The molecule has 1 amide bonds. The largest absolute Gasteiger partial charge is 0.476 e. The average Bonchev–Trinajstić information content (AvgIpc) is 3.48. The predicted octanol–water partition coefficient (Wildman–Crippen LogP) is 3.22. The van der Waals surface area contributed by atoms with E-state index in [9.17, 15) is 4.79 Å². The molecule has 2 aliphatic rings. The molecule has 24 heavy (non-hydrogen) atoms. The molecule has 1 aromatic heterocycles. The maximum atomic E-state index is 12.2. The van der Waals surface area contributed by atoms with Gasteiger partial charge in [0.25, 0.3) is 5.91 Å². The number of rotatable bonds is 9. The molecule has 1 aliphatic heterocycles. The minimum atomic E-state index is -0.393. The second kappa shape index (κ2) is 7.18. The van der Waals surface area contributed by atoms with Crippen molar-refractivity contribution in [2.75, 3.05) is 13.2 Å². The number of pyridine rings is 1. The summed E-state index contributed by atoms with van der Waals surface area (Å²) in [6, 6.07) is 1.58. The van der Waals surface area contributed by atoms with Gasteiger partial charge in [-0.1, -0.05) is 11.6 Å². The number of nitrogens with one attached hydrogen (secondary N) is 1. The Morgan fingerprint density at radius 2 is 2.25 bits per heavy atom. The van der Waals surface area contributed by atoms with Gasteiger partial charge in [-0.15, -0.1) is 12.3 Å². The summed E-state index contributed by atoms with van der Waals surface area (Å²) < 4.78 is 5.55. The Bertz CT molecular complexity index is 688. The maximum absolute atomic E-state index is 12.2. The van der Waals surface area contributed by atoms with Gasteiger partial charge in [0.05, 0.1) is 12.2 Å². The Labute approximate surface area is 146 Å². The van der Waals surface area contributed by atoms with Gasteiger partial charge in [-0.2, -0.15) is 10.2 Å². The van der Waals surface area contributed by atoms with Gasteiger partial charge >= 0.3 is 0 Å². The molecule has 0 saturated heterocycles. The van der Waals surface area contributed by atoms with E-state index in [0.717, 1.165) is 6.42 Å². The van der Waals surface area contributed by atoms with Gasteiger partial charge in [-0.25, -0.2) is 4.98 Å². The van der Waals surface area contributed by atoms with Crippen LogP contribution in [0.25, 0.3) is 0 Å². The fraction of sp³-hybridized carbons (Fsp3) is 0.529. The smallest absolute Gasteiger partial charge is 0.252 e. The molecule has 7 heteroatoms. The van der Waals surface area contributed by atoms with Gasteiger partial charge in [0, 0.05) is 32.0 Å². The zero-order valence-corrected chi connectivity index (χ0v) is 14.1. The molecule has 126 valence electrons. The van der Waals surface area contributed by atoms with Crippen LogP contribution in [0.5, 0.6) is 5.88 Å². The van der Waals surface area contributed by atoms with E-state index in [1.807, 2.05) is 0 Å². The summed E-state index contributed by atoms with van der Waals surface area (Å²) >= 11 is 6.13. The number of amides is 1. The molecule has 1 N–H and O–H groups in total. The number of aromatic nitrogens is 1.